The van der Waals surface area contributed by atoms with E-state index in [4.69, 9.17) is 49.8 Å². The minimum absolute atomic E-state index is 0.144. The number of ether oxygens (including phenoxy) is 2. The normalized spacial score (nSPS) is 11.9. The van der Waals surface area contributed by atoms with E-state index in [1.165, 1.54) is 102 Å². The van der Waals surface area contributed by atoms with Crippen LogP contribution in [0.5, 0.6) is 5.75 Å². The first-order valence-corrected chi connectivity index (χ1v) is 48.4. The summed E-state index contributed by atoms with van der Waals surface area (Å²) in [7, 11) is 3.01. The topological polar surface area (TPSA) is 127 Å². The third kappa shape index (κ3) is 52.9. The van der Waals surface area contributed by atoms with Crippen molar-refractivity contribution in [1.29, 1.82) is 0 Å². The lowest BCUT2D eigenvalue weighted by atomic mass is 9.83. The molecule has 0 saturated carbocycles. The molecule has 0 bridgehead atoms. The fourth-order valence-corrected chi connectivity index (χ4v) is 12.2. The first-order chi connectivity index (χ1) is 58.5. The van der Waals surface area contributed by atoms with Gasteiger partial charge in [-0.15, -0.1) is 0 Å². The second-order valence-corrected chi connectivity index (χ2v) is 30.1. The molecule has 0 saturated heterocycles. The number of hydrogen-bond donors (Lipinski definition) is 2. The van der Waals surface area contributed by atoms with Gasteiger partial charge in [0.15, 0.2) is 17.3 Å². The maximum atomic E-state index is 11.5. The van der Waals surface area contributed by atoms with Gasteiger partial charge in [-0.05, 0) is 272 Å². The number of Topliss-reactive ketones (excluding diaryl/α,β-unsaturated/α-hetero) is 3. The van der Waals surface area contributed by atoms with Crippen LogP contribution in [-0.2, 0) is 17.6 Å². The van der Waals surface area contributed by atoms with Crippen LogP contribution in [0.4, 0.5) is 0 Å². The average molecular weight is 1810 g/mol. The van der Waals surface area contributed by atoms with Gasteiger partial charge in [-0.1, -0.05) is 369 Å². The van der Waals surface area contributed by atoms with Gasteiger partial charge in [-0.2, -0.15) is 0 Å². The second kappa shape index (κ2) is 82.6. The number of ketones is 3. The summed E-state index contributed by atoms with van der Waals surface area (Å²) in [6.45, 7) is 69.7. The van der Waals surface area contributed by atoms with Crippen molar-refractivity contribution in [2.75, 3.05) is 27.4 Å². The molecule has 8 atom stereocenters. The van der Waals surface area contributed by atoms with E-state index in [0.717, 1.165) is 59.1 Å². The lowest BCUT2D eigenvalue weighted by molar-refractivity contribution is 0.0600. The summed E-state index contributed by atoms with van der Waals surface area (Å²) in [4.78, 5) is 45.4. The van der Waals surface area contributed by atoms with Crippen molar-refractivity contribution in [3.63, 3.8) is 0 Å². The molecule has 0 spiro atoms. The van der Waals surface area contributed by atoms with E-state index in [9.17, 15) is 19.2 Å². The molecule has 0 fully saturated rings. The molecular formula is C110H174BrCl3O8. The van der Waals surface area contributed by atoms with E-state index in [-0.39, 0.29) is 17.5 Å². The first kappa shape index (κ1) is 128. The highest BCUT2D eigenvalue weighted by Gasteiger charge is 2.18. The number of aryl methyl sites for hydroxylation is 2. The number of carbonyl (C=O) groups is 4. The monoisotopic (exact) mass is 1810 g/mol. The van der Waals surface area contributed by atoms with Gasteiger partial charge in [0.2, 0.25) is 0 Å². The lowest BCUT2D eigenvalue weighted by Crippen LogP contribution is -2.10. The van der Waals surface area contributed by atoms with Crippen LogP contribution in [0.1, 0.15) is 443 Å². The Bertz CT molecular complexity index is 3850. The summed E-state index contributed by atoms with van der Waals surface area (Å²) in [5.74, 6) is 4.53. The Kier molecular flexibility index (Phi) is 86.9. The highest BCUT2D eigenvalue weighted by Crippen LogP contribution is 2.33. The third-order valence-corrected chi connectivity index (χ3v) is 21.9. The number of carbonyl (C=O) groups excluding carboxylic acids is 4. The van der Waals surface area contributed by atoms with Gasteiger partial charge in [0.1, 0.15) is 19.0 Å². The second-order valence-electron chi connectivity index (χ2n) is 28.0. The molecule has 8 unspecified atom stereocenters. The van der Waals surface area contributed by atoms with Gasteiger partial charge in [0.25, 0.3) is 0 Å². The van der Waals surface area contributed by atoms with E-state index in [0.29, 0.717) is 62.2 Å². The quantitative estimate of drug-likeness (QED) is 0.0479. The minimum atomic E-state index is -0.565. The van der Waals surface area contributed by atoms with Crippen molar-refractivity contribution in [1.82, 2.24) is 0 Å². The molecule has 122 heavy (non-hydrogen) atoms. The molecule has 8 nitrogen and oxygen atoms in total. The molecule has 0 radical (unpaired) electrons. The molecule has 2 N–H and O–H groups in total. The molecular weight excluding hydrogens is 1640 g/mol. The van der Waals surface area contributed by atoms with Crippen molar-refractivity contribution in [3.05, 3.63) is 273 Å². The average Bonchev–Trinajstić information content (AvgIpc) is 0.816. The molecule has 690 valence electrons. The molecule has 1 aliphatic rings. The van der Waals surface area contributed by atoms with Crippen LogP contribution in [0.3, 0.4) is 0 Å². The van der Waals surface area contributed by atoms with E-state index >= 15 is 0 Å². The molecule has 12 heteroatoms. The Balaban J connectivity index is -0.000000242. The van der Waals surface area contributed by atoms with Crippen LogP contribution in [0.2, 0.25) is 15.1 Å². The summed E-state index contributed by atoms with van der Waals surface area (Å²) in [6.07, 6.45) is 14.4. The van der Waals surface area contributed by atoms with Crippen LogP contribution in [0.15, 0.2) is 174 Å². The Morgan fingerprint density at radius 3 is 1.13 bits per heavy atom. The van der Waals surface area contributed by atoms with Crippen molar-refractivity contribution in [2.24, 2.45) is 0 Å². The molecule has 1 aliphatic carbocycles. The van der Waals surface area contributed by atoms with Gasteiger partial charge >= 0.3 is 5.97 Å². The summed E-state index contributed by atoms with van der Waals surface area (Å²) in [5.41, 5.74) is 17.0. The fourth-order valence-electron chi connectivity index (χ4n) is 11.4. The van der Waals surface area contributed by atoms with E-state index < -0.39 is 25.0 Å². The van der Waals surface area contributed by atoms with Crippen LogP contribution < -0.4 is 4.74 Å². The largest absolute Gasteiger partial charge is 0.496 e. The standard InChI is InChI=1S/C14H18O4.C14H20.C12H16O2.C12H18O.C12H16O.C10H13Br.C10H12Cl2.C10H13Cl.8C2H6/c1-4-9(2)10-5-11(13(16)8-15)7-12(6-10)14(17)18-3;1-3-11(2)13-10-6-8-12-7-4-5-9-14(12)13;1-3-9(2)10-5-4-6-11(7-10)12(14)8-13;1-5-9(2)11-6-7-12(13-4)10(3)8-11;1-4-9(2)11-6-5-7-12(8-11)10(3)13;1-3-8(2)9-5-4-6-10(11)7-9;1-3-7(2)8-4-5-9(11)10(12)6-8;1-3-8(2)9-4-6-10(11)7-5-9;8*1-2/h5-7,9,15H,4,8H2,1-3H3;6,8,10-11H,3-5,7,9H2,1-2H3;4-7,9,13H,3,8H2,1-2H3;6-9H,5H2,1-4H3;5-9H,4H2,1-3H3;4-8H,3H2,1-2H3;4-7H,3H2,1-2H3;4-8H,3H2,1-2H3;8*1-2H3. The van der Waals surface area contributed by atoms with Crippen molar-refractivity contribution >= 4 is 74.1 Å². The molecule has 0 amide bonds. The van der Waals surface area contributed by atoms with Gasteiger partial charge in [0, 0.05) is 26.2 Å². The highest BCUT2D eigenvalue weighted by molar-refractivity contribution is 9.10. The Hall–Kier alpha value is -6.69. The third-order valence-electron chi connectivity index (χ3n) is 20.4. The molecule has 9 rings (SSSR count). The zero-order valence-electron chi connectivity index (χ0n) is 83.5. The van der Waals surface area contributed by atoms with Crippen LogP contribution >= 0.6 is 50.7 Å². The minimum Gasteiger partial charge on any atom is -0.496 e. The molecule has 0 aromatic heterocycles. The number of halogens is 4. The zero-order chi connectivity index (χ0) is 95.6. The summed E-state index contributed by atoms with van der Waals surface area (Å²) < 4.78 is 11.0. The molecule has 8 aromatic rings. The number of hydrogen-bond acceptors (Lipinski definition) is 8. The summed E-state index contributed by atoms with van der Waals surface area (Å²) in [6, 6.07) is 56.0. The lowest BCUT2D eigenvalue weighted by Gasteiger charge is -2.22. The molecule has 0 aliphatic heterocycles. The van der Waals surface area contributed by atoms with Gasteiger partial charge in [-0.3, -0.25) is 14.4 Å². The number of methoxy groups -OCH3 is 2. The number of fused-ring (bicyclic) bond motifs is 1. The summed E-state index contributed by atoms with van der Waals surface area (Å²) in [5, 5.41) is 19.7. The molecule has 8 aromatic carbocycles. The SMILES string of the molecule is CC.CC.CC.CC.CC.CC.CC.CC.CCC(C)c1cc(C(=O)CO)cc(C(=O)OC)c1.CCC(C)c1ccc(Cl)c(Cl)c1.CCC(C)c1ccc(Cl)cc1.CCC(C)c1ccc(OC)c(C)c1.CCC(C)c1cccc(Br)c1.CCC(C)c1cccc(C(=O)CO)c1.CCC(C)c1cccc(C(C)=O)c1.CCC(C)c1cccc2c1CCCC2. The Morgan fingerprint density at radius 2 is 0.721 bits per heavy atom. The van der Waals surface area contributed by atoms with Crippen molar-refractivity contribution in [3.8, 4) is 5.75 Å². The number of rotatable bonds is 23. The Labute approximate surface area is 773 Å². The predicted molar refractivity (Wildman–Crippen MR) is 547 cm³/mol. The van der Waals surface area contributed by atoms with Crippen LogP contribution in [0, 0.1) is 6.92 Å². The zero-order valence-corrected chi connectivity index (χ0v) is 87.4. The van der Waals surface area contributed by atoms with Crippen LogP contribution in [-0.4, -0.2) is 61.0 Å². The van der Waals surface area contributed by atoms with E-state index in [2.05, 4.69) is 203 Å². The smallest absolute Gasteiger partial charge is 0.337 e. The number of esters is 1. The number of aliphatic hydroxyl groups is 2. The van der Waals surface area contributed by atoms with Crippen molar-refractivity contribution < 1.29 is 38.9 Å². The van der Waals surface area contributed by atoms with E-state index in [1.54, 1.807) is 48.9 Å². The van der Waals surface area contributed by atoms with Gasteiger partial charge < -0.3 is 19.7 Å². The maximum absolute atomic E-state index is 11.5. The molecule has 0 heterocycles. The van der Waals surface area contributed by atoms with Crippen LogP contribution in [0.25, 0.3) is 0 Å². The number of aliphatic hydroxyl groups excluding tert-OH is 2. The van der Waals surface area contributed by atoms with E-state index in [1.807, 2.05) is 191 Å². The van der Waals surface area contributed by atoms with Gasteiger partial charge in [-0.25, -0.2) is 4.79 Å². The van der Waals surface area contributed by atoms with Crippen molar-refractivity contribution in [2.45, 2.75) is 360 Å². The number of benzene rings is 8. The predicted octanol–water partition coefficient (Wildman–Crippen LogP) is 36.1. The Morgan fingerprint density at radius 1 is 0.369 bits per heavy atom. The van der Waals surface area contributed by atoms with Gasteiger partial charge in [0.05, 0.1) is 29.8 Å². The highest BCUT2D eigenvalue weighted by atomic mass is 79.9. The fraction of sp³-hybridized carbons (Fsp3) is 0.527. The summed E-state index contributed by atoms with van der Waals surface area (Å²) >= 11 is 20.9. The first-order valence-electron chi connectivity index (χ1n) is 46.4. The maximum Gasteiger partial charge on any atom is 0.337 e.